The Labute approximate surface area is 159 Å². The predicted octanol–water partition coefficient (Wildman–Crippen LogP) is 2.60. The lowest BCUT2D eigenvalue weighted by molar-refractivity contribution is -0.130. The minimum atomic E-state index is 0.112. The summed E-state index contributed by atoms with van der Waals surface area (Å²) < 4.78 is 0. The minimum Gasteiger partial charge on any atom is -0.356 e. The van der Waals surface area contributed by atoms with Crippen LogP contribution in [0.25, 0.3) is 0 Å². The van der Waals surface area contributed by atoms with E-state index in [0.717, 1.165) is 26.1 Å². The number of thiophene rings is 1. The van der Waals surface area contributed by atoms with Gasteiger partial charge in [-0.25, -0.2) is 0 Å². The van der Waals surface area contributed by atoms with Crippen molar-refractivity contribution < 1.29 is 4.79 Å². The highest BCUT2D eigenvalue weighted by Crippen LogP contribution is 2.23. The second kappa shape index (κ2) is 8.85. The monoisotopic (exact) mass is 370 g/mol. The first-order valence-electron chi connectivity index (χ1n) is 9.00. The van der Waals surface area contributed by atoms with Gasteiger partial charge in [0, 0.05) is 31.6 Å². The topological polar surface area (TPSA) is 56.7 Å². The van der Waals surface area contributed by atoms with Crippen LogP contribution in [0, 0.1) is 0 Å². The number of hydrogen-bond donors (Lipinski definition) is 2. The van der Waals surface area contributed by atoms with Crippen molar-refractivity contribution >= 4 is 23.2 Å². The number of nitrogens with zero attached hydrogens (tertiary/aromatic N) is 2. The van der Waals surface area contributed by atoms with Crippen LogP contribution in [0.4, 0.5) is 0 Å². The Bertz CT molecular complexity index is 756. The maximum absolute atomic E-state index is 12.5. The Morgan fingerprint density at radius 3 is 2.85 bits per heavy atom. The first-order chi connectivity index (χ1) is 12.7. The molecule has 3 rings (SSSR count). The lowest BCUT2D eigenvalue weighted by Crippen LogP contribution is -2.46. The van der Waals surface area contributed by atoms with Gasteiger partial charge in [0.05, 0.1) is 6.54 Å². The number of guanidine groups is 1. The number of carbonyl (C=O) groups excluding carboxylic acids is 1. The van der Waals surface area contributed by atoms with Gasteiger partial charge in [0.25, 0.3) is 0 Å². The van der Waals surface area contributed by atoms with Crippen LogP contribution < -0.4 is 10.6 Å². The normalized spacial score (nSPS) is 15.3. The molecular formula is C20H26N4OS. The van der Waals surface area contributed by atoms with Gasteiger partial charge in [-0.15, -0.1) is 11.3 Å². The fourth-order valence-corrected chi connectivity index (χ4v) is 3.99. The van der Waals surface area contributed by atoms with E-state index in [1.165, 1.54) is 16.0 Å². The number of nitrogens with one attached hydrogen (secondary N) is 2. The van der Waals surface area contributed by atoms with E-state index >= 15 is 0 Å². The number of carbonyl (C=O) groups is 1. The van der Waals surface area contributed by atoms with Gasteiger partial charge >= 0.3 is 0 Å². The number of fused-ring (bicyclic) bond motifs is 1. The molecule has 0 aliphatic carbocycles. The van der Waals surface area contributed by atoms with Crippen molar-refractivity contribution in [2.45, 2.75) is 25.8 Å². The minimum absolute atomic E-state index is 0.112. The lowest BCUT2D eigenvalue weighted by atomic mass is 10.0. The molecule has 1 aromatic carbocycles. The summed E-state index contributed by atoms with van der Waals surface area (Å²) in [6.45, 7) is 4.72. The van der Waals surface area contributed by atoms with Crippen molar-refractivity contribution in [2.24, 2.45) is 4.99 Å². The summed E-state index contributed by atoms with van der Waals surface area (Å²) in [6, 6.07) is 12.5. The highest BCUT2D eigenvalue weighted by Gasteiger charge is 2.21. The fourth-order valence-electron chi connectivity index (χ4n) is 3.10. The molecule has 2 N–H and O–H groups in total. The number of amides is 1. The van der Waals surface area contributed by atoms with Gasteiger partial charge in [-0.05, 0) is 34.9 Å². The molecular weight excluding hydrogens is 344 g/mol. The van der Waals surface area contributed by atoms with Gasteiger partial charge in [0.1, 0.15) is 0 Å². The van der Waals surface area contributed by atoms with Crippen LogP contribution in [0.1, 0.15) is 28.8 Å². The van der Waals surface area contributed by atoms with Crippen molar-refractivity contribution in [1.29, 1.82) is 0 Å². The van der Waals surface area contributed by atoms with E-state index in [1.54, 1.807) is 18.4 Å². The van der Waals surface area contributed by atoms with Crippen molar-refractivity contribution in [3.63, 3.8) is 0 Å². The highest BCUT2D eigenvalue weighted by atomic mass is 32.1. The molecule has 5 nitrogen and oxygen atoms in total. The van der Waals surface area contributed by atoms with Crippen LogP contribution in [0.3, 0.4) is 0 Å². The maximum Gasteiger partial charge on any atom is 0.242 e. The third-order valence-corrected chi connectivity index (χ3v) is 5.76. The Balaban J connectivity index is 1.45. The van der Waals surface area contributed by atoms with Gasteiger partial charge in [-0.2, -0.15) is 0 Å². The molecule has 0 saturated heterocycles. The zero-order valence-electron chi connectivity index (χ0n) is 15.4. The van der Waals surface area contributed by atoms with Crippen molar-refractivity contribution in [1.82, 2.24) is 15.5 Å². The molecule has 1 aliphatic heterocycles. The second-order valence-corrected chi connectivity index (χ2v) is 7.55. The first-order valence-corrected chi connectivity index (χ1v) is 9.88. The van der Waals surface area contributed by atoms with E-state index in [-0.39, 0.29) is 12.5 Å². The molecule has 0 radical (unpaired) electrons. The quantitative estimate of drug-likeness (QED) is 0.628. The molecule has 1 amide bonds. The van der Waals surface area contributed by atoms with E-state index < -0.39 is 0 Å². The Hall–Kier alpha value is -2.34. The zero-order chi connectivity index (χ0) is 18.4. The van der Waals surface area contributed by atoms with E-state index in [4.69, 9.17) is 0 Å². The molecule has 2 aromatic rings. The standard InChI is InChI=1S/C20H26N4OS/c1-15(16-6-4-3-5-7-16)12-22-20(21-2)23-13-19(25)24-10-8-18-17(14-24)9-11-26-18/h3-7,9,11,15H,8,10,12-14H2,1-2H3,(H2,21,22,23). The molecule has 0 bridgehead atoms. The van der Waals surface area contributed by atoms with Crippen LogP contribution in [0.15, 0.2) is 46.8 Å². The van der Waals surface area contributed by atoms with Crippen molar-refractivity contribution in [3.05, 3.63) is 57.8 Å². The van der Waals surface area contributed by atoms with Crippen LogP contribution in [-0.2, 0) is 17.8 Å². The van der Waals surface area contributed by atoms with Gasteiger partial charge in [-0.3, -0.25) is 9.79 Å². The molecule has 2 heterocycles. The van der Waals surface area contributed by atoms with Crippen LogP contribution in [-0.4, -0.2) is 43.4 Å². The fraction of sp³-hybridized carbons (Fsp3) is 0.400. The summed E-state index contributed by atoms with van der Waals surface area (Å²) in [4.78, 5) is 20.0. The smallest absolute Gasteiger partial charge is 0.242 e. The molecule has 1 aliphatic rings. The molecule has 26 heavy (non-hydrogen) atoms. The second-order valence-electron chi connectivity index (χ2n) is 6.55. The largest absolute Gasteiger partial charge is 0.356 e. The first kappa shape index (κ1) is 18.5. The summed E-state index contributed by atoms with van der Waals surface area (Å²) in [7, 11) is 1.73. The molecule has 0 fully saturated rings. The Morgan fingerprint density at radius 2 is 2.08 bits per heavy atom. The average Bonchev–Trinajstić information content (AvgIpc) is 3.16. The van der Waals surface area contributed by atoms with Crippen LogP contribution in [0.2, 0.25) is 0 Å². The number of hydrogen-bond acceptors (Lipinski definition) is 3. The molecule has 0 saturated carbocycles. The Kier molecular flexibility index (Phi) is 6.28. The van der Waals surface area contributed by atoms with E-state index in [0.29, 0.717) is 11.9 Å². The van der Waals surface area contributed by atoms with Crippen LogP contribution in [0.5, 0.6) is 0 Å². The third kappa shape index (κ3) is 4.64. The molecule has 6 heteroatoms. The summed E-state index contributed by atoms with van der Waals surface area (Å²) in [6.07, 6.45) is 0.959. The van der Waals surface area contributed by atoms with Gasteiger partial charge < -0.3 is 15.5 Å². The highest BCUT2D eigenvalue weighted by molar-refractivity contribution is 7.10. The molecule has 1 aromatic heterocycles. The van der Waals surface area contributed by atoms with Crippen molar-refractivity contribution in [2.75, 3.05) is 26.7 Å². The number of aliphatic imine (C=N–C) groups is 1. The molecule has 138 valence electrons. The number of benzene rings is 1. The van der Waals surface area contributed by atoms with Crippen LogP contribution >= 0.6 is 11.3 Å². The van der Waals surface area contributed by atoms with Crippen molar-refractivity contribution in [3.8, 4) is 0 Å². The summed E-state index contributed by atoms with van der Waals surface area (Å²) >= 11 is 1.79. The van der Waals surface area contributed by atoms with Gasteiger partial charge in [0.2, 0.25) is 5.91 Å². The van der Waals surface area contributed by atoms with Gasteiger partial charge in [0.15, 0.2) is 5.96 Å². The van der Waals surface area contributed by atoms with E-state index in [1.807, 2.05) is 11.0 Å². The molecule has 0 spiro atoms. The Morgan fingerprint density at radius 1 is 1.27 bits per heavy atom. The lowest BCUT2D eigenvalue weighted by Gasteiger charge is -2.27. The average molecular weight is 371 g/mol. The summed E-state index contributed by atoms with van der Waals surface area (Å²) in [5.41, 5.74) is 2.57. The summed E-state index contributed by atoms with van der Waals surface area (Å²) in [5.74, 6) is 1.14. The van der Waals surface area contributed by atoms with Gasteiger partial charge in [-0.1, -0.05) is 37.3 Å². The SMILES string of the molecule is CN=C(NCC(=O)N1CCc2sccc2C1)NCC(C)c1ccccc1. The van der Waals surface area contributed by atoms with E-state index in [9.17, 15) is 4.79 Å². The maximum atomic E-state index is 12.5. The molecule has 1 atom stereocenters. The zero-order valence-corrected chi connectivity index (χ0v) is 16.2. The summed E-state index contributed by atoms with van der Waals surface area (Å²) in [5, 5.41) is 8.56. The third-order valence-electron chi connectivity index (χ3n) is 4.74. The predicted molar refractivity (Wildman–Crippen MR) is 108 cm³/mol. The number of rotatable bonds is 5. The van der Waals surface area contributed by atoms with E-state index in [2.05, 4.69) is 58.3 Å². The molecule has 1 unspecified atom stereocenters.